The van der Waals surface area contributed by atoms with Crippen LogP contribution in [0.25, 0.3) is 0 Å². The van der Waals surface area contributed by atoms with E-state index in [4.69, 9.17) is 37.3 Å². The second kappa shape index (κ2) is 11.5. The number of carbonyl (C=O) groups is 1. The van der Waals surface area contributed by atoms with E-state index in [1.165, 1.54) is 25.3 Å². The van der Waals surface area contributed by atoms with Crippen LogP contribution in [0.4, 0.5) is 15.8 Å². The number of nitrogen functional groups attached to an aromatic ring is 2. The molecular formula is C26H34ClFN4O4. The van der Waals surface area contributed by atoms with Crippen LogP contribution in [0.15, 0.2) is 30.3 Å². The predicted molar refractivity (Wildman–Crippen MR) is 138 cm³/mol. The minimum Gasteiger partial charge on any atom is -0.496 e. The molecule has 5 N–H and O–H groups in total. The second-order valence-corrected chi connectivity index (χ2v) is 9.85. The van der Waals surface area contributed by atoms with Crippen molar-refractivity contribution in [2.75, 3.05) is 38.8 Å². The molecule has 1 aliphatic heterocycles. The third-order valence-corrected chi connectivity index (χ3v) is 7.53. The number of carbonyl (C=O) groups excluding carboxylic acids is 1. The standard InChI is InChI=1S/C26H34ClFN4O4/c1-34-24-13-20(29)19(27)12-18(24)26(33)31-22-9-10-32(14-25(22)35-2)16-4-6-17(7-5-16)36-23-8-3-15(28)11-21(23)30/h3,8,11-13,16-17,22,25H,4-7,9-10,14,29-30H2,1-2H3,(H,31,33). The van der Waals surface area contributed by atoms with Gasteiger partial charge in [0.05, 0.1) is 47.3 Å². The molecule has 0 spiro atoms. The van der Waals surface area contributed by atoms with Crippen LogP contribution in [0, 0.1) is 5.82 Å². The van der Waals surface area contributed by atoms with Crippen LogP contribution in [0.2, 0.25) is 5.02 Å². The van der Waals surface area contributed by atoms with Gasteiger partial charge in [-0.3, -0.25) is 9.69 Å². The number of ether oxygens (including phenoxy) is 3. The summed E-state index contributed by atoms with van der Waals surface area (Å²) in [5, 5.41) is 3.40. The first-order chi connectivity index (χ1) is 17.3. The zero-order chi connectivity index (χ0) is 25.8. The van der Waals surface area contributed by atoms with Crippen molar-refractivity contribution in [1.82, 2.24) is 10.2 Å². The molecule has 2 atom stereocenters. The first-order valence-electron chi connectivity index (χ1n) is 12.2. The smallest absolute Gasteiger partial charge is 0.255 e. The summed E-state index contributed by atoms with van der Waals surface area (Å²) >= 11 is 6.14. The molecule has 1 amide bonds. The van der Waals surface area contributed by atoms with Crippen molar-refractivity contribution in [3.05, 3.63) is 46.7 Å². The molecule has 2 aromatic rings. The lowest BCUT2D eigenvalue weighted by Gasteiger charge is -2.44. The Labute approximate surface area is 216 Å². The molecule has 2 aliphatic rings. The maximum absolute atomic E-state index is 13.3. The van der Waals surface area contributed by atoms with Crippen LogP contribution < -0.4 is 26.3 Å². The summed E-state index contributed by atoms with van der Waals surface area (Å²) in [5.74, 6) is 0.274. The first-order valence-corrected chi connectivity index (χ1v) is 12.6. The van der Waals surface area contributed by atoms with Gasteiger partial charge < -0.3 is 31.0 Å². The van der Waals surface area contributed by atoms with Gasteiger partial charge in [0, 0.05) is 38.4 Å². The van der Waals surface area contributed by atoms with Crippen molar-refractivity contribution in [1.29, 1.82) is 0 Å². The van der Waals surface area contributed by atoms with E-state index in [1.807, 2.05) is 0 Å². The third kappa shape index (κ3) is 5.96. The maximum atomic E-state index is 13.3. The van der Waals surface area contributed by atoms with E-state index < -0.39 is 0 Å². The van der Waals surface area contributed by atoms with Crippen LogP contribution in [0.5, 0.6) is 11.5 Å². The highest BCUT2D eigenvalue weighted by molar-refractivity contribution is 6.33. The Hall–Kier alpha value is -2.75. The second-order valence-electron chi connectivity index (χ2n) is 9.44. The van der Waals surface area contributed by atoms with Gasteiger partial charge in [-0.15, -0.1) is 0 Å². The zero-order valence-electron chi connectivity index (χ0n) is 20.6. The van der Waals surface area contributed by atoms with Crippen LogP contribution >= 0.6 is 11.6 Å². The molecule has 1 aliphatic carbocycles. The molecule has 2 fully saturated rings. The summed E-state index contributed by atoms with van der Waals surface area (Å²) < 4.78 is 30.5. The largest absolute Gasteiger partial charge is 0.496 e. The Morgan fingerprint density at radius 3 is 2.47 bits per heavy atom. The van der Waals surface area contributed by atoms with Gasteiger partial charge in [-0.05, 0) is 50.3 Å². The Balaban J connectivity index is 1.31. The van der Waals surface area contributed by atoms with E-state index in [-0.39, 0.29) is 30.0 Å². The van der Waals surface area contributed by atoms with Gasteiger partial charge in [0.25, 0.3) is 5.91 Å². The number of nitrogens with two attached hydrogens (primary N) is 2. The summed E-state index contributed by atoms with van der Waals surface area (Å²) in [6.07, 6.45) is 4.44. The summed E-state index contributed by atoms with van der Waals surface area (Å²) in [4.78, 5) is 15.5. The third-order valence-electron chi connectivity index (χ3n) is 7.20. The quantitative estimate of drug-likeness (QED) is 0.475. The van der Waals surface area contributed by atoms with Crippen molar-refractivity contribution in [3.63, 3.8) is 0 Å². The average molecular weight is 521 g/mol. The minimum absolute atomic E-state index is 0.0609. The Morgan fingerprint density at radius 2 is 1.81 bits per heavy atom. The molecule has 36 heavy (non-hydrogen) atoms. The molecule has 196 valence electrons. The highest BCUT2D eigenvalue weighted by Crippen LogP contribution is 2.32. The van der Waals surface area contributed by atoms with E-state index in [1.54, 1.807) is 19.2 Å². The number of anilines is 2. The normalized spacial score (nSPS) is 24.8. The number of nitrogens with one attached hydrogen (secondary N) is 1. The molecule has 1 saturated carbocycles. The van der Waals surface area contributed by atoms with Crippen molar-refractivity contribution in [2.45, 2.75) is 56.4 Å². The number of halogens is 2. The molecule has 10 heteroatoms. The Morgan fingerprint density at radius 1 is 1.06 bits per heavy atom. The minimum atomic E-state index is -0.368. The van der Waals surface area contributed by atoms with Gasteiger partial charge in [-0.1, -0.05) is 11.6 Å². The van der Waals surface area contributed by atoms with Crippen molar-refractivity contribution < 1.29 is 23.4 Å². The van der Waals surface area contributed by atoms with E-state index in [9.17, 15) is 9.18 Å². The van der Waals surface area contributed by atoms with Gasteiger partial charge in [0.1, 0.15) is 17.3 Å². The molecule has 1 saturated heterocycles. The Bertz CT molecular complexity index is 1080. The number of likely N-dealkylation sites (tertiary alicyclic amines) is 1. The van der Waals surface area contributed by atoms with E-state index in [0.717, 1.165) is 45.2 Å². The van der Waals surface area contributed by atoms with Gasteiger partial charge in [0.15, 0.2) is 0 Å². The summed E-state index contributed by atoms with van der Waals surface area (Å²) in [7, 11) is 3.16. The topological polar surface area (TPSA) is 112 Å². The van der Waals surface area contributed by atoms with Gasteiger partial charge in [-0.2, -0.15) is 0 Å². The van der Waals surface area contributed by atoms with E-state index >= 15 is 0 Å². The lowest BCUT2D eigenvalue weighted by Crippen LogP contribution is -2.57. The number of benzene rings is 2. The van der Waals surface area contributed by atoms with Crippen molar-refractivity contribution in [2.24, 2.45) is 0 Å². The van der Waals surface area contributed by atoms with Crippen molar-refractivity contribution in [3.8, 4) is 11.5 Å². The molecule has 2 unspecified atom stereocenters. The molecule has 0 aromatic heterocycles. The number of hydrogen-bond acceptors (Lipinski definition) is 7. The number of hydrogen-bond donors (Lipinski definition) is 3. The molecule has 2 aromatic carbocycles. The first kappa shape index (κ1) is 26.3. The Kier molecular flexibility index (Phi) is 8.43. The summed E-state index contributed by atoms with van der Waals surface area (Å²) in [6, 6.07) is 7.60. The summed E-state index contributed by atoms with van der Waals surface area (Å²) in [5.41, 5.74) is 12.8. The van der Waals surface area contributed by atoms with Crippen LogP contribution in [0.1, 0.15) is 42.5 Å². The highest BCUT2D eigenvalue weighted by atomic mass is 35.5. The molecule has 1 heterocycles. The van der Waals surface area contributed by atoms with Gasteiger partial charge in [-0.25, -0.2) is 4.39 Å². The number of methoxy groups -OCH3 is 2. The van der Waals surface area contributed by atoms with E-state index in [0.29, 0.717) is 39.5 Å². The number of piperidine rings is 1. The molecule has 8 nitrogen and oxygen atoms in total. The monoisotopic (exact) mass is 520 g/mol. The van der Waals surface area contributed by atoms with Crippen LogP contribution in [-0.2, 0) is 4.74 Å². The number of nitrogens with zero attached hydrogens (tertiary/aromatic N) is 1. The fraction of sp³-hybridized carbons (Fsp3) is 0.500. The zero-order valence-corrected chi connectivity index (χ0v) is 21.4. The van der Waals surface area contributed by atoms with E-state index in [2.05, 4.69) is 10.2 Å². The number of rotatable bonds is 7. The maximum Gasteiger partial charge on any atom is 0.255 e. The highest BCUT2D eigenvalue weighted by Gasteiger charge is 2.36. The van der Waals surface area contributed by atoms with Crippen molar-refractivity contribution >= 4 is 28.9 Å². The molecule has 0 bridgehead atoms. The fourth-order valence-corrected chi connectivity index (χ4v) is 5.34. The van der Waals surface area contributed by atoms with Gasteiger partial charge in [0.2, 0.25) is 0 Å². The number of amides is 1. The lowest BCUT2D eigenvalue weighted by atomic mass is 9.89. The molecule has 0 radical (unpaired) electrons. The molecule has 4 rings (SSSR count). The lowest BCUT2D eigenvalue weighted by molar-refractivity contribution is -0.0188. The van der Waals surface area contributed by atoms with Gasteiger partial charge >= 0.3 is 0 Å². The molecular weight excluding hydrogens is 487 g/mol. The van der Waals surface area contributed by atoms with Crippen LogP contribution in [-0.4, -0.2) is 62.4 Å². The predicted octanol–water partition coefficient (Wildman–Crippen LogP) is 3.86. The SMILES string of the molecule is COc1cc(N)c(Cl)cc1C(=O)NC1CCN(C2CCC(Oc3ccc(F)cc3N)CC2)CC1OC. The van der Waals surface area contributed by atoms with Crippen LogP contribution in [0.3, 0.4) is 0 Å². The summed E-state index contributed by atoms with van der Waals surface area (Å²) in [6.45, 7) is 1.58. The fourth-order valence-electron chi connectivity index (χ4n) is 5.17. The average Bonchev–Trinajstić information content (AvgIpc) is 2.87.